The van der Waals surface area contributed by atoms with Crippen molar-refractivity contribution in [2.75, 3.05) is 0 Å². The van der Waals surface area contributed by atoms with Gasteiger partial charge in [0.05, 0.1) is 0 Å². The Hall–Kier alpha value is -4.85. The first-order valence-electron chi connectivity index (χ1n) is 12.6. The van der Waals surface area contributed by atoms with E-state index >= 15 is 0 Å². The Morgan fingerprint density at radius 2 is 0.976 bits per heavy atom. The first-order chi connectivity index (χ1) is 20.0. The van der Waals surface area contributed by atoms with Crippen molar-refractivity contribution in [3.8, 4) is 35.6 Å². The molecule has 2 nitrogen and oxygen atoms in total. The van der Waals surface area contributed by atoms with E-state index < -0.39 is 0 Å². The predicted octanol–water partition coefficient (Wildman–Crippen LogP) is 8.91. The predicted molar refractivity (Wildman–Crippen MR) is 171 cm³/mol. The molecule has 0 spiro atoms. The van der Waals surface area contributed by atoms with Gasteiger partial charge in [0.15, 0.2) is 0 Å². The lowest BCUT2D eigenvalue weighted by atomic mass is 10.2. The van der Waals surface area contributed by atoms with Gasteiger partial charge in [-0.2, -0.15) is 0 Å². The zero-order chi connectivity index (χ0) is 28.9. The molecule has 0 fully saturated rings. The average Bonchev–Trinajstić information content (AvgIpc) is 3.68. The number of halogens is 3. The van der Waals surface area contributed by atoms with Crippen molar-refractivity contribution in [3.05, 3.63) is 178 Å². The smallest absolute Gasteiger partial charge is 0.123 e. The maximum atomic E-state index is 12.9. The van der Waals surface area contributed by atoms with Gasteiger partial charge in [-0.3, -0.25) is 0 Å². The maximum absolute atomic E-state index is 12.9. The number of hydrogen-bond donors (Lipinski definition) is 0. The molecule has 0 N–H and O–H groups in total. The molecule has 0 aliphatic carbocycles. The molecule has 6 rings (SSSR count). The summed E-state index contributed by atoms with van der Waals surface area (Å²) < 4.78 is 30.5. The molecule has 0 saturated carbocycles. The minimum Gasteiger partial charge on any atom is -0.323 e. The van der Waals surface area contributed by atoms with Crippen molar-refractivity contribution in [2.24, 2.45) is 0 Å². The van der Waals surface area contributed by atoms with Crippen LogP contribution in [-0.4, -0.2) is 9.13 Å². The third kappa shape index (κ3) is 9.39. The van der Waals surface area contributed by atoms with Crippen molar-refractivity contribution >= 4 is 22.6 Å². The Labute approximate surface area is 253 Å². The monoisotopic (exact) mass is 650 g/mol. The third-order valence-corrected chi connectivity index (χ3v) is 6.30. The molecule has 0 bridgehead atoms. The van der Waals surface area contributed by atoms with Crippen molar-refractivity contribution < 1.29 is 8.78 Å². The summed E-state index contributed by atoms with van der Waals surface area (Å²) in [5, 5.41) is 0. The fourth-order valence-corrected chi connectivity index (χ4v) is 4.05. The van der Waals surface area contributed by atoms with Crippen LogP contribution in [-0.2, 0) is 0 Å². The minimum absolute atomic E-state index is 0.203. The summed E-state index contributed by atoms with van der Waals surface area (Å²) in [6.45, 7) is 0. The van der Waals surface area contributed by atoms with E-state index in [1.165, 1.54) is 27.8 Å². The van der Waals surface area contributed by atoms with E-state index in [1.54, 1.807) is 24.3 Å². The summed E-state index contributed by atoms with van der Waals surface area (Å²) in [5.41, 5.74) is 4.75. The van der Waals surface area contributed by atoms with Crippen LogP contribution in [0.25, 0.3) is 11.4 Å². The number of nitrogens with zero attached hydrogens (tertiary/aromatic N) is 2. The van der Waals surface area contributed by atoms with E-state index in [2.05, 4.69) is 40.4 Å². The number of rotatable bonds is 2. The second-order valence-corrected chi connectivity index (χ2v) is 9.87. The zero-order valence-corrected chi connectivity index (χ0v) is 24.1. The molecule has 0 radical (unpaired) electrons. The van der Waals surface area contributed by atoms with Crippen LogP contribution in [0.2, 0.25) is 0 Å². The summed E-state index contributed by atoms with van der Waals surface area (Å²) in [7, 11) is 0. The molecule has 0 saturated heterocycles. The highest BCUT2D eigenvalue weighted by atomic mass is 127. The average molecular weight is 651 g/mol. The maximum Gasteiger partial charge on any atom is 0.123 e. The van der Waals surface area contributed by atoms with E-state index in [0.29, 0.717) is 0 Å². The van der Waals surface area contributed by atoms with Crippen LogP contribution in [0.3, 0.4) is 0 Å². The van der Waals surface area contributed by atoms with E-state index in [4.69, 9.17) is 6.42 Å². The highest BCUT2D eigenvalue weighted by Gasteiger charge is 1.98. The topological polar surface area (TPSA) is 9.86 Å². The van der Waals surface area contributed by atoms with Crippen molar-refractivity contribution in [1.82, 2.24) is 9.13 Å². The van der Waals surface area contributed by atoms with E-state index in [1.807, 2.05) is 107 Å². The Balaban J connectivity index is 0.000000158. The fraction of sp³-hybridized carbons (Fsp3) is 0. The second-order valence-electron chi connectivity index (χ2n) is 8.62. The van der Waals surface area contributed by atoms with Gasteiger partial charge in [-0.15, -0.1) is 6.42 Å². The van der Waals surface area contributed by atoms with Gasteiger partial charge < -0.3 is 9.13 Å². The Morgan fingerprint density at radius 3 is 1.44 bits per heavy atom. The minimum atomic E-state index is -0.231. The van der Waals surface area contributed by atoms with Crippen LogP contribution in [0.1, 0.15) is 16.7 Å². The standard InChI is InChI=1S/C18H12FN.C10H7FIN.C8H6/c19-17-8-10-18(11-9-17)20-13-12-16(14-20)7-6-15-4-2-1-3-5-15;11-8-1-3-10(4-2-8)13-6-5-9(12)7-13;1-2-8-6-4-3-5-7-8/h1-5,8-14H;1-7H;1,3-7H. The molecule has 5 heteroatoms. The molecule has 0 aliphatic heterocycles. The highest BCUT2D eigenvalue weighted by molar-refractivity contribution is 14.1. The summed E-state index contributed by atoms with van der Waals surface area (Å²) in [4.78, 5) is 0. The van der Waals surface area contributed by atoms with Gasteiger partial charge in [-0.1, -0.05) is 54.2 Å². The number of terminal acetylenes is 1. The van der Waals surface area contributed by atoms with Gasteiger partial charge in [0.2, 0.25) is 0 Å². The molecule has 200 valence electrons. The second kappa shape index (κ2) is 15.1. The van der Waals surface area contributed by atoms with E-state index in [0.717, 1.165) is 28.1 Å². The first-order valence-corrected chi connectivity index (χ1v) is 13.7. The van der Waals surface area contributed by atoms with Crippen molar-refractivity contribution in [3.63, 3.8) is 0 Å². The molecule has 0 amide bonds. The van der Waals surface area contributed by atoms with Crippen LogP contribution in [0.5, 0.6) is 0 Å². The number of hydrogen-bond acceptors (Lipinski definition) is 0. The van der Waals surface area contributed by atoms with Gasteiger partial charge in [0, 0.05) is 56.4 Å². The molecule has 2 aromatic heterocycles. The summed E-state index contributed by atoms with van der Waals surface area (Å²) in [6, 6.07) is 36.2. The molecular formula is C36H25F2IN2. The summed E-state index contributed by atoms with van der Waals surface area (Å²) in [5.74, 6) is 8.32. The van der Waals surface area contributed by atoms with Crippen molar-refractivity contribution in [2.45, 2.75) is 0 Å². The molecule has 0 unspecified atom stereocenters. The molecule has 2 heterocycles. The fourth-order valence-electron chi connectivity index (χ4n) is 3.59. The Kier molecular flexibility index (Phi) is 10.7. The first kappa shape index (κ1) is 29.1. The molecular weight excluding hydrogens is 625 g/mol. The molecule has 0 aliphatic rings. The molecule has 4 aromatic carbocycles. The highest BCUT2D eigenvalue weighted by Crippen LogP contribution is 2.13. The summed E-state index contributed by atoms with van der Waals surface area (Å²) in [6.07, 6.45) is 12.9. The lowest BCUT2D eigenvalue weighted by molar-refractivity contribution is 0.627. The van der Waals surface area contributed by atoms with Crippen LogP contribution in [0.4, 0.5) is 8.78 Å². The lowest BCUT2D eigenvalue weighted by Crippen LogP contribution is -1.89. The van der Waals surface area contributed by atoms with Crippen LogP contribution >= 0.6 is 22.6 Å². The molecule has 6 aromatic rings. The van der Waals surface area contributed by atoms with Crippen LogP contribution < -0.4 is 0 Å². The largest absolute Gasteiger partial charge is 0.323 e. The zero-order valence-electron chi connectivity index (χ0n) is 22.0. The van der Waals surface area contributed by atoms with Crippen LogP contribution in [0.15, 0.2) is 146 Å². The van der Waals surface area contributed by atoms with E-state index in [-0.39, 0.29) is 11.6 Å². The van der Waals surface area contributed by atoms with Gasteiger partial charge >= 0.3 is 0 Å². The summed E-state index contributed by atoms with van der Waals surface area (Å²) >= 11 is 2.24. The van der Waals surface area contributed by atoms with Gasteiger partial charge in [0.25, 0.3) is 0 Å². The molecule has 0 atom stereocenters. The lowest BCUT2D eigenvalue weighted by Gasteiger charge is -2.00. The van der Waals surface area contributed by atoms with Gasteiger partial charge in [-0.05, 0) is 108 Å². The number of aromatic nitrogens is 2. The Bertz CT molecular complexity index is 1750. The van der Waals surface area contributed by atoms with Gasteiger partial charge in [0.1, 0.15) is 11.6 Å². The number of benzene rings is 4. The normalized spacial score (nSPS) is 9.61. The van der Waals surface area contributed by atoms with Crippen LogP contribution in [0, 0.1) is 39.4 Å². The van der Waals surface area contributed by atoms with Gasteiger partial charge in [-0.25, -0.2) is 8.78 Å². The quantitative estimate of drug-likeness (QED) is 0.131. The SMILES string of the molecule is C#Cc1ccccc1.Fc1ccc(-n2ccc(C#Cc3ccccc3)c2)cc1.Fc1ccc(-n2ccc(I)c2)cc1. The van der Waals surface area contributed by atoms with Crippen molar-refractivity contribution in [1.29, 1.82) is 0 Å². The van der Waals surface area contributed by atoms with E-state index in [9.17, 15) is 8.78 Å². The Morgan fingerprint density at radius 1 is 0.512 bits per heavy atom. The third-order valence-electron chi connectivity index (χ3n) is 5.66. The molecule has 41 heavy (non-hydrogen) atoms.